The zero-order valence-corrected chi connectivity index (χ0v) is 8.31. The summed E-state index contributed by atoms with van der Waals surface area (Å²) in [7, 11) is 0. The molecule has 1 amide bonds. The predicted molar refractivity (Wildman–Crippen MR) is 52.8 cm³/mol. The van der Waals surface area contributed by atoms with Crippen LogP contribution in [0.4, 0.5) is 0 Å². The summed E-state index contributed by atoms with van der Waals surface area (Å²) in [6.07, 6.45) is 5.03. The van der Waals surface area contributed by atoms with Crippen LogP contribution in [0.1, 0.15) is 32.1 Å². The van der Waals surface area contributed by atoms with Crippen LogP contribution in [-0.2, 0) is 4.79 Å². The zero-order chi connectivity index (χ0) is 10.0. The first kappa shape index (κ1) is 9.89. The lowest BCUT2D eigenvalue weighted by Crippen LogP contribution is -2.64. The molecule has 5 heteroatoms. The highest BCUT2D eigenvalue weighted by molar-refractivity contribution is 5.76. The maximum Gasteiger partial charge on any atom is 0.220 e. The van der Waals surface area contributed by atoms with E-state index in [2.05, 4.69) is 16.4 Å². The minimum atomic E-state index is -0.137. The third kappa shape index (κ3) is 1.89. The third-order valence-corrected chi connectivity index (χ3v) is 3.49. The Morgan fingerprint density at radius 3 is 2.50 bits per heavy atom. The van der Waals surface area contributed by atoms with Gasteiger partial charge in [0.25, 0.3) is 0 Å². The molecule has 2 fully saturated rings. The number of amides is 1. The molecule has 1 spiro atoms. The maximum absolute atomic E-state index is 11.0. The van der Waals surface area contributed by atoms with Crippen molar-refractivity contribution in [1.82, 2.24) is 16.4 Å². The lowest BCUT2D eigenvalue weighted by atomic mass is 9.74. The van der Waals surface area contributed by atoms with Gasteiger partial charge in [0.1, 0.15) is 0 Å². The molecule has 0 aromatic rings. The molecule has 0 unspecified atom stereocenters. The molecule has 14 heavy (non-hydrogen) atoms. The fourth-order valence-electron chi connectivity index (χ4n) is 2.43. The Kier molecular flexibility index (Phi) is 2.71. The maximum atomic E-state index is 11.0. The number of primary amides is 1. The van der Waals surface area contributed by atoms with Crippen LogP contribution in [0.5, 0.6) is 0 Å². The Hall–Kier alpha value is -0.650. The van der Waals surface area contributed by atoms with Gasteiger partial charge in [0, 0.05) is 18.0 Å². The van der Waals surface area contributed by atoms with E-state index in [0.717, 1.165) is 38.6 Å². The van der Waals surface area contributed by atoms with Gasteiger partial charge in [0.2, 0.25) is 5.91 Å². The molecule has 0 aromatic carbocycles. The molecule has 1 aliphatic carbocycles. The second-order valence-corrected chi connectivity index (χ2v) is 4.38. The van der Waals surface area contributed by atoms with Crippen LogP contribution >= 0.6 is 0 Å². The average molecular weight is 198 g/mol. The van der Waals surface area contributed by atoms with Gasteiger partial charge in [-0.25, -0.2) is 10.9 Å². The highest BCUT2D eigenvalue weighted by Crippen LogP contribution is 2.34. The third-order valence-electron chi connectivity index (χ3n) is 3.49. The molecule has 1 saturated heterocycles. The summed E-state index contributed by atoms with van der Waals surface area (Å²) in [6.45, 7) is 0.980. The quantitative estimate of drug-likeness (QED) is 0.454. The van der Waals surface area contributed by atoms with E-state index in [9.17, 15) is 4.79 Å². The molecule has 0 atom stereocenters. The summed E-state index contributed by atoms with van der Waals surface area (Å²) in [6, 6.07) is 0. The Labute approximate surface area is 83.7 Å². The van der Waals surface area contributed by atoms with Crippen molar-refractivity contribution < 1.29 is 4.79 Å². The van der Waals surface area contributed by atoms with Gasteiger partial charge in [0.05, 0.1) is 0 Å². The number of hydrogen-bond donors (Lipinski definition) is 4. The largest absolute Gasteiger partial charge is 0.369 e. The SMILES string of the molecule is NC(=O)C1CCC2(CCNNN2)CC1. The van der Waals surface area contributed by atoms with Crippen molar-refractivity contribution in [3.05, 3.63) is 0 Å². The van der Waals surface area contributed by atoms with Crippen molar-refractivity contribution >= 4 is 5.91 Å². The van der Waals surface area contributed by atoms with Gasteiger partial charge in [-0.05, 0) is 32.1 Å². The monoisotopic (exact) mass is 198 g/mol. The van der Waals surface area contributed by atoms with Crippen LogP contribution in [0.15, 0.2) is 0 Å². The molecule has 5 nitrogen and oxygen atoms in total. The smallest absolute Gasteiger partial charge is 0.220 e. The normalized spacial score (nSPS) is 38.4. The summed E-state index contributed by atoms with van der Waals surface area (Å²) in [5.41, 5.74) is 14.8. The summed E-state index contributed by atoms with van der Waals surface area (Å²) in [5, 5.41) is 0. The van der Waals surface area contributed by atoms with Crippen molar-refractivity contribution in [2.75, 3.05) is 6.54 Å². The first-order chi connectivity index (χ1) is 6.72. The van der Waals surface area contributed by atoms with E-state index >= 15 is 0 Å². The number of nitrogens with two attached hydrogens (primary N) is 1. The van der Waals surface area contributed by atoms with Crippen molar-refractivity contribution in [2.45, 2.75) is 37.6 Å². The first-order valence-corrected chi connectivity index (χ1v) is 5.26. The molecular weight excluding hydrogens is 180 g/mol. The Bertz CT molecular complexity index is 215. The van der Waals surface area contributed by atoms with E-state index in [-0.39, 0.29) is 17.4 Å². The molecule has 2 rings (SSSR count). The van der Waals surface area contributed by atoms with Gasteiger partial charge in [0.15, 0.2) is 0 Å². The summed E-state index contributed by atoms with van der Waals surface area (Å²) in [4.78, 5) is 11.0. The minimum absolute atomic E-state index is 0.0947. The van der Waals surface area contributed by atoms with Crippen LogP contribution in [-0.4, -0.2) is 18.0 Å². The van der Waals surface area contributed by atoms with Crippen LogP contribution in [0.2, 0.25) is 0 Å². The van der Waals surface area contributed by atoms with Crippen molar-refractivity contribution in [1.29, 1.82) is 0 Å². The lowest BCUT2D eigenvalue weighted by molar-refractivity contribution is -0.123. The highest BCUT2D eigenvalue weighted by atomic mass is 16.1. The summed E-state index contributed by atoms with van der Waals surface area (Å²) >= 11 is 0. The number of hydrazine groups is 2. The molecule has 0 aromatic heterocycles. The summed E-state index contributed by atoms with van der Waals surface area (Å²) in [5.74, 6) is -0.0425. The Balaban J connectivity index is 1.90. The van der Waals surface area contributed by atoms with Gasteiger partial charge in [-0.15, -0.1) is 0 Å². The fourth-order valence-corrected chi connectivity index (χ4v) is 2.43. The predicted octanol–water partition coefficient (Wildman–Crippen LogP) is -0.597. The van der Waals surface area contributed by atoms with Crippen LogP contribution in [0, 0.1) is 5.92 Å². The molecule has 1 aliphatic heterocycles. The minimum Gasteiger partial charge on any atom is -0.369 e. The van der Waals surface area contributed by atoms with Crippen molar-refractivity contribution in [3.63, 3.8) is 0 Å². The standard InChI is InChI=1S/C9H18N4O/c10-8(14)7-1-3-9(4-2-7)5-6-11-13-12-9/h7,11-13H,1-6H2,(H2,10,14). The van der Waals surface area contributed by atoms with E-state index in [0.29, 0.717) is 0 Å². The van der Waals surface area contributed by atoms with E-state index in [1.165, 1.54) is 0 Å². The number of nitrogens with one attached hydrogen (secondary N) is 3. The van der Waals surface area contributed by atoms with E-state index in [1.54, 1.807) is 0 Å². The van der Waals surface area contributed by atoms with Crippen molar-refractivity contribution in [2.24, 2.45) is 11.7 Å². The molecule has 0 radical (unpaired) electrons. The molecule has 0 bridgehead atoms. The zero-order valence-electron chi connectivity index (χ0n) is 8.31. The second-order valence-electron chi connectivity index (χ2n) is 4.38. The van der Waals surface area contributed by atoms with E-state index < -0.39 is 0 Å². The van der Waals surface area contributed by atoms with Gasteiger partial charge in [-0.2, -0.15) is 5.53 Å². The van der Waals surface area contributed by atoms with Crippen LogP contribution in [0.25, 0.3) is 0 Å². The highest BCUT2D eigenvalue weighted by Gasteiger charge is 2.37. The lowest BCUT2D eigenvalue weighted by Gasteiger charge is -2.43. The van der Waals surface area contributed by atoms with Gasteiger partial charge in [-0.1, -0.05) is 0 Å². The van der Waals surface area contributed by atoms with Crippen molar-refractivity contribution in [3.8, 4) is 0 Å². The van der Waals surface area contributed by atoms with Gasteiger partial charge in [-0.3, -0.25) is 4.79 Å². The summed E-state index contributed by atoms with van der Waals surface area (Å²) < 4.78 is 0. The van der Waals surface area contributed by atoms with Crippen LogP contribution < -0.4 is 22.1 Å². The number of carbonyl (C=O) groups excluding carboxylic acids is 1. The number of hydrogen-bond acceptors (Lipinski definition) is 4. The second kappa shape index (κ2) is 3.84. The van der Waals surface area contributed by atoms with Gasteiger partial charge >= 0.3 is 0 Å². The van der Waals surface area contributed by atoms with Gasteiger partial charge < -0.3 is 5.73 Å². The molecule has 1 heterocycles. The fraction of sp³-hybridized carbons (Fsp3) is 0.889. The van der Waals surface area contributed by atoms with E-state index in [1.807, 2.05) is 0 Å². The molecule has 80 valence electrons. The molecular formula is C9H18N4O. The number of rotatable bonds is 1. The molecule has 5 N–H and O–H groups in total. The molecule has 1 saturated carbocycles. The Morgan fingerprint density at radius 1 is 1.29 bits per heavy atom. The van der Waals surface area contributed by atoms with Crippen LogP contribution in [0.3, 0.4) is 0 Å². The Morgan fingerprint density at radius 2 is 2.00 bits per heavy atom. The average Bonchev–Trinajstić information content (AvgIpc) is 2.19. The van der Waals surface area contributed by atoms with E-state index in [4.69, 9.17) is 5.73 Å². The number of carbonyl (C=O) groups is 1. The topological polar surface area (TPSA) is 79.2 Å². The first-order valence-electron chi connectivity index (χ1n) is 5.26. The molecule has 2 aliphatic rings.